The molecule has 2 heterocycles. The monoisotopic (exact) mass is 399 g/mol. The fourth-order valence-corrected chi connectivity index (χ4v) is 4.59. The van der Waals surface area contributed by atoms with Gasteiger partial charge in [-0.1, -0.05) is 11.8 Å². The summed E-state index contributed by atoms with van der Waals surface area (Å²) in [4.78, 5) is 15.4. The summed E-state index contributed by atoms with van der Waals surface area (Å²) in [6.07, 6.45) is 2.94. The lowest BCUT2D eigenvalue weighted by atomic mass is 10.4. The molecule has 2 rings (SSSR count). The van der Waals surface area contributed by atoms with Gasteiger partial charge in [0, 0.05) is 50.5 Å². The van der Waals surface area contributed by atoms with E-state index in [9.17, 15) is 0 Å². The van der Waals surface area contributed by atoms with Crippen molar-refractivity contribution >= 4 is 40.4 Å². The molecule has 2 aromatic heterocycles. The van der Waals surface area contributed by atoms with E-state index in [0.29, 0.717) is 0 Å². The van der Waals surface area contributed by atoms with E-state index in [0.717, 1.165) is 46.3 Å². The third-order valence-electron chi connectivity index (χ3n) is 3.48. The highest BCUT2D eigenvalue weighted by molar-refractivity contribution is 8.00. The molecule has 1 unspecified atom stereocenters. The zero-order chi connectivity index (χ0) is 18.1. The number of aromatic nitrogens is 2. The van der Waals surface area contributed by atoms with Crippen molar-refractivity contribution < 1.29 is 4.74 Å². The average molecular weight is 400 g/mol. The number of nitrogens with one attached hydrogen (secondary N) is 1. The van der Waals surface area contributed by atoms with Gasteiger partial charge < -0.3 is 15.0 Å². The minimum absolute atomic E-state index is 0.0387. The quantitative estimate of drug-likeness (QED) is 0.301. The van der Waals surface area contributed by atoms with Crippen LogP contribution in [0.4, 0.5) is 0 Å². The molecule has 0 bridgehead atoms. The number of aliphatic imine (C=N–C) groups is 1. The minimum Gasteiger partial charge on any atom is -0.375 e. The van der Waals surface area contributed by atoms with Crippen molar-refractivity contribution in [1.29, 1.82) is 0 Å². The van der Waals surface area contributed by atoms with Crippen molar-refractivity contribution in [2.75, 3.05) is 33.5 Å². The Hall–Kier alpha value is -1.16. The molecule has 2 aromatic rings. The molecule has 0 spiro atoms. The summed E-state index contributed by atoms with van der Waals surface area (Å²) in [5.41, 5.74) is 1.04. The zero-order valence-corrected chi connectivity index (χ0v) is 17.5. The Kier molecular flexibility index (Phi) is 8.66. The van der Waals surface area contributed by atoms with Crippen LogP contribution in [0.1, 0.15) is 30.2 Å². The number of thioether (sulfide) groups is 1. The van der Waals surface area contributed by atoms with E-state index >= 15 is 0 Å². The second kappa shape index (κ2) is 10.7. The molecule has 0 aromatic carbocycles. The number of methoxy groups -OCH3 is 1. The highest BCUT2D eigenvalue weighted by Crippen LogP contribution is 2.21. The Balaban J connectivity index is 1.72. The van der Waals surface area contributed by atoms with Crippen molar-refractivity contribution in [1.82, 2.24) is 20.2 Å². The summed E-state index contributed by atoms with van der Waals surface area (Å²) in [5.74, 6) is 1.93. The summed E-state index contributed by atoms with van der Waals surface area (Å²) >= 11 is 5.12. The molecule has 0 aliphatic carbocycles. The maximum absolute atomic E-state index is 5.32. The lowest BCUT2D eigenvalue weighted by Gasteiger charge is -2.21. The van der Waals surface area contributed by atoms with Crippen LogP contribution in [0, 0.1) is 0 Å². The van der Waals surface area contributed by atoms with Gasteiger partial charge in [-0.05, 0) is 13.3 Å². The molecule has 1 N–H and O–H groups in total. The van der Waals surface area contributed by atoms with E-state index in [-0.39, 0.29) is 6.10 Å². The molecule has 0 radical (unpaired) electrons. The Labute approximate surface area is 161 Å². The highest BCUT2D eigenvalue weighted by atomic mass is 32.2. The van der Waals surface area contributed by atoms with Crippen molar-refractivity contribution in [2.24, 2.45) is 4.99 Å². The second-order valence-corrected chi connectivity index (χ2v) is 8.51. The SMILES string of the molecule is CN=C(NCCCSc1nccs1)N(C)Cc1csc(C(C)OC)n1. The molecule has 138 valence electrons. The molecule has 0 saturated heterocycles. The summed E-state index contributed by atoms with van der Waals surface area (Å²) in [6, 6.07) is 0. The Morgan fingerprint density at radius 1 is 1.48 bits per heavy atom. The largest absolute Gasteiger partial charge is 0.375 e. The van der Waals surface area contributed by atoms with Gasteiger partial charge in [0.1, 0.15) is 15.5 Å². The van der Waals surface area contributed by atoms with Crippen LogP contribution in [0.3, 0.4) is 0 Å². The van der Waals surface area contributed by atoms with E-state index in [1.165, 1.54) is 0 Å². The minimum atomic E-state index is 0.0387. The van der Waals surface area contributed by atoms with E-state index in [4.69, 9.17) is 4.74 Å². The summed E-state index contributed by atoms with van der Waals surface area (Å²) in [6.45, 7) is 3.62. The Morgan fingerprint density at radius 3 is 3.00 bits per heavy atom. The van der Waals surface area contributed by atoms with Crippen LogP contribution in [-0.4, -0.2) is 54.3 Å². The first-order chi connectivity index (χ1) is 12.1. The Morgan fingerprint density at radius 2 is 2.32 bits per heavy atom. The van der Waals surface area contributed by atoms with Gasteiger partial charge in [-0.3, -0.25) is 4.99 Å². The van der Waals surface area contributed by atoms with Crippen molar-refractivity contribution in [3.05, 3.63) is 27.7 Å². The van der Waals surface area contributed by atoms with Gasteiger partial charge in [-0.2, -0.15) is 0 Å². The van der Waals surface area contributed by atoms with Crippen molar-refractivity contribution in [3.8, 4) is 0 Å². The van der Waals surface area contributed by atoms with Crippen LogP contribution < -0.4 is 5.32 Å². The fourth-order valence-electron chi connectivity index (χ4n) is 2.10. The topological polar surface area (TPSA) is 62.6 Å². The van der Waals surface area contributed by atoms with Gasteiger partial charge in [-0.25, -0.2) is 9.97 Å². The molecule has 9 heteroatoms. The van der Waals surface area contributed by atoms with Gasteiger partial charge in [0.25, 0.3) is 0 Å². The second-order valence-electron chi connectivity index (χ2n) is 5.39. The summed E-state index contributed by atoms with van der Waals surface area (Å²) < 4.78 is 6.45. The lowest BCUT2D eigenvalue weighted by Crippen LogP contribution is -2.39. The molecule has 0 amide bonds. The predicted octanol–water partition coefficient (Wildman–Crippen LogP) is 3.50. The Bertz CT molecular complexity index is 644. The third-order valence-corrected chi connectivity index (χ3v) is 6.59. The number of nitrogens with zero attached hydrogens (tertiary/aromatic N) is 4. The number of rotatable bonds is 9. The molecule has 1 atom stereocenters. The first-order valence-electron chi connectivity index (χ1n) is 8.05. The fraction of sp³-hybridized carbons (Fsp3) is 0.562. The number of thiazole rings is 2. The molecule has 6 nitrogen and oxygen atoms in total. The van der Waals surface area contributed by atoms with Crippen LogP contribution in [0.25, 0.3) is 0 Å². The standard InChI is InChI=1S/C16H25N5OS3/c1-12(22-4)14-20-13(11-25-14)10-21(3)15(17-2)18-6-5-8-23-16-19-7-9-24-16/h7,9,11-12H,5-6,8,10H2,1-4H3,(H,17,18). The van der Waals surface area contributed by atoms with Crippen LogP contribution in [0.2, 0.25) is 0 Å². The van der Waals surface area contributed by atoms with E-state index in [2.05, 4.69) is 30.6 Å². The van der Waals surface area contributed by atoms with Crippen LogP contribution in [0.5, 0.6) is 0 Å². The summed E-state index contributed by atoms with van der Waals surface area (Å²) in [5, 5.41) is 8.51. The molecule has 0 saturated carbocycles. The lowest BCUT2D eigenvalue weighted by molar-refractivity contribution is 0.119. The smallest absolute Gasteiger partial charge is 0.193 e. The molecular formula is C16H25N5OS3. The first kappa shape index (κ1) is 20.2. The van der Waals surface area contributed by atoms with Crippen molar-refractivity contribution in [2.45, 2.75) is 30.3 Å². The van der Waals surface area contributed by atoms with Crippen LogP contribution in [-0.2, 0) is 11.3 Å². The molecular weight excluding hydrogens is 374 g/mol. The average Bonchev–Trinajstić information content (AvgIpc) is 3.29. The van der Waals surface area contributed by atoms with E-state index in [1.54, 1.807) is 41.5 Å². The van der Waals surface area contributed by atoms with Gasteiger partial charge in [0.15, 0.2) is 5.96 Å². The van der Waals surface area contributed by atoms with Gasteiger partial charge in [-0.15, -0.1) is 22.7 Å². The maximum Gasteiger partial charge on any atom is 0.193 e. The summed E-state index contributed by atoms with van der Waals surface area (Å²) in [7, 11) is 5.54. The van der Waals surface area contributed by atoms with Gasteiger partial charge in [0.2, 0.25) is 0 Å². The maximum atomic E-state index is 5.32. The van der Waals surface area contributed by atoms with Gasteiger partial charge in [0.05, 0.1) is 12.2 Å². The number of ether oxygens (including phenoxy) is 1. The van der Waals surface area contributed by atoms with Gasteiger partial charge >= 0.3 is 0 Å². The highest BCUT2D eigenvalue weighted by Gasteiger charge is 2.12. The third kappa shape index (κ3) is 6.58. The number of hydrogen-bond acceptors (Lipinski definition) is 7. The molecule has 0 aliphatic heterocycles. The van der Waals surface area contributed by atoms with Crippen LogP contribution in [0.15, 0.2) is 26.3 Å². The predicted molar refractivity (Wildman–Crippen MR) is 108 cm³/mol. The number of guanidine groups is 1. The zero-order valence-electron chi connectivity index (χ0n) is 15.1. The van der Waals surface area contributed by atoms with Crippen LogP contribution >= 0.6 is 34.4 Å². The van der Waals surface area contributed by atoms with Crippen molar-refractivity contribution in [3.63, 3.8) is 0 Å². The molecule has 0 aliphatic rings. The molecule has 25 heavy (non-hydrogen) atoms. The van der Waals surface area contributed by atoms with E-state index in [1.807, 2.05) is 32.6 Å². The normalized spacial score (nSPS) is 13.0. The first-order valence-corrected chi connectivity index (χ1v) is 10.8. The van der Waals surface area contributed by atoms with E-state index < -0.39 is 0 Å². The number of hydrogen-bond donors (Lipinski definition) is 1. The molecule has 0 fully saturated rings.